The van der Waals surface area contributed by atoms with Crippen molar-refractivity contribution in [3.63, 3.8) is 0 Å². The molecule has 1 N–H and O–H groups in total. The van der Waals surface area contributed by atoms with Crippen LogP contribution < -0.4 is 0 Å². The van der Waals surface area contributed by atoms with Crippen molar-refractivity contribution < 1.29 is 9.84 Å². The molecule has 0 aromatic rings. The highest BCUT2D eigenvalue weighted by molar-refractivity contribution is 4.87. The van der Waals surface area contributed by atoms with E-state index < -0.39 is 5.60 Å². The third-order valence-corrected chi connectivity index (χ3v) is 1.83. The van der Waals surface area contributed by atoms with E-state index in [9.17, 15) is 5.11 Å². The lowest BCUT2D eigenvalue weighted by atomic mass is 9.93. The minimum absolute atomic E-state index is 0.471. The van der Waals surface area contributed by atoms with Gasteiger partial charge in [0.2, 0.25) is 0 Å². The lowest BCUT2D eigenvalue weighted by Gasteiger charge is -2.30. The quantitative estimate of drug-likeness (QED) is 0.585. The predicted molar refractivity (Wildman–Crippen MR) is 39.8 cm³/mol. The van der Waals surface area contributed by atoms with Crippen LogP contribution in [0.25, 0.3) is 0 Å². The van der Waals surface area contributed by atoms with Crippen molar-refractivity contribution in [2.45, 2.75) is 24.9 Å². The summed E-state index contributed by atoms with van der Waals surface area (Å²) in [5, 5.41) is 9.68. The largest absolute Gasteiger partial charge is 0.387 e. The number of rotatable bonds is 2. The van der Waals surface area contributed by atoms with Crippen LogP contribution in [0, 0.1) is 0 Å². The Morgan fingerprint density at radius 3 is 3.00 bits per heavy atom. The lowest BCUT2D eigenvalue weighted by molar-refractivity contribution is -0.0829. The van der Waals surface area contributed by atoms with E-state index in [2.05, 4.69) is 6.58 Å². The van der Waals surface area contributed by atoms with Crippen LogP contribution in [0.4, 0.5) is 0 Å². The molecule has 2 nitrogen and oxygen atoms in total. The Kier molecular flexibility index (Phi) is 2.46. The molecule has 0 aromatic heterocycles. The molecule has 1 rings (SSSR count). The third-order valence-electron chi connectivity index (χ3n) is 1.83. The Morgan fingerprint density at radius 2 is 2.50 bits per heavy atom. The van der Waals surface area contributed by atoms with Crippen LogP contribution >= 0.6 is 0 Å². The summed E-state index contributed by atoms with van der Waals surface area (Å²) in [5.74, 6) is 0. The maximum absolute atomic E-state index is 9.68. The van der Waals surface area contributed by atoms with E-state index in [1.54, 1.807) is 6.08 Å². The second-order valence-corrected chi connectivity index (χ2v) is 2.87. The third kappa shape index (κ3) is 1.82. The highest BCUT2D eigenvalue weighted by atomic mass is 16.5. The molecule has 0 amide bonds. The summed E-state index contributed by atoms with van der Waals surface area (Å²) in [6.45, 7) is 4.85. The zero-order valence-electron chi connectivity index (χ0n) is 6.18. The van der Waals surface area contributed by atoms with Gasteiger partial charge >= 0.3 is 0 Å². The first-order valence-corrected chi connectivity index (χ1v) is 3.68. The molecule has 0 spiro atoms. The van der Waals surface area contributed by atoms with Gasteiger partial charge in [-0.3, -0.25) is 0 Å². The van der Waals surface area contributed by atoms with E-state index in [0.717, 1.165) is 19.4 Å². The highest BCUT2D eigenvalue weighted by Crippen LogP contribution is 2.22. The van der Waals surface area contributed by atoms with Crippen LogP contribution in [-0.2, 0) is 4.74 Å². The first-order chi connectivity index (χ1) is 4.77. The predicted octanol–water partition coefficient (Wildman–Crippen LogP) is 1.10. The van der Waals surface area contributed by atoms with Gasteiger partial charge in [0, 0.05) is 6.61 Å². The van der Waals surface area contributed by atoms with Crippen LogP contribution in [0.15, 0.2) is 12.7 Å². The molecule has 58 valence electrons. The van der Waals surface area contributed by atoms with Gasteiger partial charge in [0.05, 0.1) is 12.2 Å². The minimum atomic E-state index is -0.611. The standard InChI is InChI=1S/C8H14O2/c1-2-4-8(9)5-3-6-10-7-8/h2,9H,1,3-7H2. The monoisotopic (exact) mass is 142 g/mol. The van der Waals surface area contributed by atoms with E-state index in [0.29, 0.717) is 13.0 Å². The van der Waals surface area contributed by atoms with E-state index in [-0.39, 0.29) is 0 Å². The van der Waals surface area contributed by atoms with Crippen molar-refractivity contribution in [1.29, 1.82) is 0 Å². The molecule has 10 heavy (non-hydrogen) atoms. The summed E-state index contributed by atoms with van der Waals surface area (Å²) in [6, 6.07) is 0. The van der Waals surface area contributed by atoms with E-state index in [1.165, 1.54) is 0 Å². The van der Waals surface area contributed by atoms with Crippen molar-refractivity contribution in [1.82, 2.24) is 0 Å². The first-order valence-electron chi connectivity index (χ1n) is 3.68. The van der Waals surface area contributed by atoms with Crippen LogP contribution in [0.2, 0.25) is 0 Å². The molecule has 0 radical (unpaired) electrons. The molecular formula is C8H14O2. The Hall–Kier alpha value is -0.340. The molecule has 0 saturated carbocycles. The smallest absolute Gasteiger partial charge is 0.0915 e. The molecule has 1 aliphatic rings. The van der Waals surface area contributed by atoms with Gasteiger partial charge in [-0.1, -0.05) is 6.08 Å². The van der Waals surface area contributed by atoms with Crippen molar-refractivity contribution in [2.24, 2.45) is 0 Å². The van der Waals surface area contributed by atoms with Gasteiger partial charge in [-0.15, -0.1) is 6.58 Å². The summed E-state index contributed by atoms with van der Waals surface area (Å²) >= 11 is 0. The topological polar surface area (TPSA) is 29.5 Å². The Bertz CT molecular complexity index is 114. The lowest BCUT2D eigenvalue weighted by Crippen LogP contribution is -2.37. The maximum atomic E-state index is 9.68. The fourth-order valence-corrected chi connectivity index (χ4v) is 1.27. The fourth-order valence-electron chi connectivity index (χ4n) is 1.27. The van der Waals surface area contributed by atoms with Crippen LogP contribution in [0.1, 0.15) is 19.3 Å². The van der Waals surface area contributed by atoms with Crippen molar-refractivity contribution in [2.75, 3.05) is 13.2 Å². The van der Waals surface area contributed by atoms with Crippen LogP contribution in [-0.4, -0.2) is 23.9 Å². The fraction of sp³-hybridized carbons (Fsp3) is 0.750. The summed E-state index contributed by atoms with van der Waals surface area (Å²) in [4.78, 5) is 0. The van der Waals surface area contributed by atoms with Crippen LogP contribution in [0.5, 0.6) is 0 Å². The van der Waals surface area contributed by atoms with Crippen molar-refractivity contribution >= 4 is 0 Å². The molecule has 1 saturated heterocycles. The number of aliphatic hydroxyl groups is 1. The molecule has 0 aliphatic carbocycles. The summed E-state index contributed by atoms with van der Waals surface area (Å²) in [7, 11) is 0. The second kappa shape index (κ2) is 3.17. The molecule has 0 bridgehead atoms. The van der Waals surface area contributed by atoms with E-state index in [4.69, 9.17) is 4.74 Å². The normalized spacial score (nSPS) is 33.7. The molecule has 1 atom stereocenters. The van der Waals surface area contributed by atoms with Gasteiger partial charge in [0.1, 0.15) is 0 Å². The second-order valence-electron chi connectivity index (χ2n) is 2.87. The summed E-state index contributed by atoms with van der Waals surface area (Å²) in [6.07, 6.45) is 4.20. The van der Waals surface area contributed by atoms with E-state index in [1.807, 2.05) is 0 Å². The molecule has 0 aromatic carbocycles. The molecular weight excluding hydrogens is 128 g/mol. The van der Waals surface area contributed by atoms with Crippen LogP contribution in [0.3, 0.4) is 0 Å². The zero-order chi connectivity index (χ0) is 7.45. The SMILES string of the molecule is C=CCC1(O)CCCOC1. The van der Waals surface area contributed by atoms with Crippen molar-refractivity contribution in [3.8, 4) is 0 Å². The Morgan fingerprint density at radius 1 is 1.70 bits per heavy atom. The number of ether oxygens (including phenoxy) is 1. The molecule has 1 aliphatic heterocycles. The average molecular weight is 142 g/mol. The van der Waals surface area contributed by atoms with Gasteiger partial charge < -0.3 is 9.84 Å². The average Bonchev–Trinajstić information content (AvgIpc) is 1.89. The Balaban J connectivity index is 2.39. The number of hydrogen-bond donors (Lipinski definition) is 1. The highest BCUT2D eigenvalue weighted by Gasteiger charge is 2.27. The van der Waals surface area contributed by atoms with Gasteiger partial charge in [-0.2, -0.15) is 0 Å². The zero-order valence-corrected chi connectivity index (χ0v) is 6.18. The van der Waals surface area contributed by atoms with Gasteiger partial charge in [-0.05, 0) is 19.3 Å². The Labute approximate surface area is 61.5 Å². The summed E-state index contributed by atoms with van der Waals surface area (Å²) < 4.78 is 5.14. The first kappa shape index (κ1) is 7.76. The number of hydrogen-bond acceptors (Lipinski definition) is 2. The van der Waals surface area contributed by atoms with Gasteiger partial charge in [0.25, 0.3) is 0 Å². The molecule has 1 unspecified atom stereocenters. The molecule has 1 heterocycles. The van der Waals surface area contributed by atoms with Crippen molar-refractivity contribution in [3.05, 3.63) is 12.7 Å². The summed E-state index contributed by atoms with van der Waals surface area (Å²) in [5.41, 5.74) is -0.611. The molecule has 1 fully saturated rings. The van der Waals surface area contributed by atoms with Gasteiger partial charge in [-0.25, -0.2) is 0 Å². The molecule has 2 heteroatoms. The van der Waals surface area contributed by atoms with Gasteiger partial charge in [0.15, 0.2) is 0 Å². The maximum Gasteiger partial charge on any atom is 0.0915 e. The van der Waals surface area contributed by atoms with E-state index >= 15 is 0 Å². The minimum Gasteiger partial charge on any atom is -0.387 e.